The Morgan fingerprint density at radius 1 is 1.18 bits per heavy atom. The number of anilines is 1. The van der Waals surface area contributed by atoms with Crippen LogP contribution in [0.25, 0.3) is 5.69 Å². The average Bonchev–Trinajstić information content (AvgIpc) is 3.17. The van der Waals surface area contributed by atoms with Crippen LogP contribution in [0.4, 0.5) is 5.69 Å². The Balaban J connectivity index is 1.83. The number of esters is 1. The molecular weight excluding hydrogens is 278 g/mol. The second-order valence-corrected chi connectivity index (χ2v) is 5.49. The normalized spacial score (nSPS) is 14.4. The van der Waals surface area contributed by atoms with E-state index in [-0.39, 0.29) is 5.97 Å². The number of hydrogen-bond acceptors (Lipinski definition) is 4. The molecule has 2 aromatic rings. The predicted molar refractivity (Wildman–Crippen MR) is 85.7 cm³/mol. The van der Waals surface area contributed by atoms with Crippen molar-refractivity contribution in [1.29, 1.82) is 0 Å². The number of hydrogen-bond donors (Lipinski definition) is 0. The zero-order valence-electron chi connectivity index (χ0n) is 13.1. The summed E-state index contributed by atoms with van der Waals surface area (Å²) in [6.45, 7) is 6.32. The molecule has 0 bridgehead atoms. The van der Waals surface area contributed by atoms with Crippen molar-refractivity contribution in [3.63, 3.8) is 0 Å². The van der Waals surface area contributed by atoms with Crippen molar-refractivity contribution in [3.8, 4) is 5.69 Å². The lowest BCUT2D eigenvalue weighted by Gasteiger charge is -2.17. The number of ether oxygens (including phenoxy) is 1. The summed E-state index contributed by atoms with van der Waals surface area (Å²) in [5.41, 5.74) is 3.52. The molecule has 5 heteroatoms. The standard InChI is InChI=1S/C17H21N3O2/c1-3-22-17(21)16-12-18-20(13(16)2)15-8-6-14(7-9-15)19-10-4-5-11-19/h6-9,12H,3-5,10-11H2,1-2H3. The molecule has 0 radical (unpaired) electrons. The van der Waals surface area contributed by atoms with Crippen LogP contribution in [0.2, 0.25) is 0 Å². The third-order valence-corrected chi connectivity index (χ3v) is 4.07. The van der Waals surface area contributed by atoms with Crippen LogP contribution in [0.1, 0.15) is 35.8 Å². The highest BCUT2D eigenvalue weighted by Gasteiger charge is 2.16. The Labute approximate surface area is 130 Å². The van der Waals surface area contributed by atoms with Crippen LogP contribution in [-0.2, 0) is 4.74 Å². The largest absolute Gasteiger partial charge is 0.462 e. The van der Waals surface area contributed by atoms with Gasteiger partial charge in [-0.3, -0.25) is 0 Å². The van der Waals surface area contributed by atoms with E-state index in [1.54, 1.807) is 17.8 Å². The molecule has 1 fully saturated rings. The average molecular weight is 299 g/mol. The molecule has 1 saturated heterocycles. The third kappa shape index (κ3) is 2.71. The van der Waals surface area contributed by atoms with Gasteiger partial charge in [0.2, 0.25) is 0 Å². The molecular formula is C17H21N3O2. The monoisotopic (exact) mass is 299 g/mol. The summed E-state index contributed by atoms with van der Waals surface area (Å²) in [7, 11) is 0. The predicted octanol–water partition coefficient (Wildman–Crippen LogP) is 2.96. The molecule has 0 amide bonds. The molecule has 1 aliphatic heterocycles. The smallest absolute Gasteiger partial charge is 0.341 e. The number of rotatable bonds is 4. The molecule has 0 atom stereocenters. The van der Waals surface area contributed by atoms with Gasteiger partial charge in [0, 0.05) is 18.8 Å². The van der Waals surface area contributed by atoms with E-state index in [0.29, 0.717) is 12.2 Å². The Kier molecular flexibility index (Phi) is 4.13. The quantitative estimate of drug-likeness (QED) is 0.814. The Morgan fingerprint density at radius 3 is 2.45 bits per heavy atom. The van der Waals surface area contributed by atoms with E-state index in [0.717, 1.165) is 24.5 Å². The first-order valence-corrected chi connectivity index (χ1v) is 7.78. The number of benzene rings is 1. The van der Waals surface area contributed by atoms with Gasteiger partial charge in [-0.25, -0.2) is 9.48 Å². The third-order valence-electron chi connectivity index (χ3n) is 4.07. The fourth-order valence-corrected chi connectivity index (χ4v) is 2.86. The summed E-state index contributed by atoms with van der Waals surface area (Å²) in [5, 5.41) is 4.32. The highest BCUT2D eigenvalue weighted by atomic mass is 16.5. The minimum atomic E-state index is -0.320. The number of nitrogens with zero attached hydrogens (tertiary/aromatic N) is 3. The van der Waals surface area contributed by atoms with E-state index in [4.69, 9.17) is 4.74 Å². The van der Waals surface area contributed by atoms with Crippen molar-refractivity contribution in [3.05, 3.63) is 41.7 Å². The Hall–Kier alpha value is -2.30. The van der Waals surface area contributed by atoms with Gasteiger partial charge in [-0.2, -0.15) is 5.10 Å². The second kappa shape index (κ2) is 6.22. The maximum absolute atomic E-state index is 11.9. The Morgan fingerprint density at radius 2 is 1.82 bits per heavy atom. The highest BCUT2D eigenvalue weighted by Crippen LogP contribution is 2.22. The molecule has 5 nitrogen and oxygen atoms in total. The number of aromatic nitrogens is 2. The number of carbonyl (C=O) groups is 1. The molecule has 3 rings (SSSR count). The molecule has 0 unspecified atom stereocenters. The molecule has 2 heterocycles. The van der Waals surface area contributed by atoms with Gasteiger partial charge in [-0.15, -0.1) is 0 Å². The molecule has 0 spiro atoms. The van der Waals surface area contributed by atoms with Gasteiger partial charge in [0.1, 0.15) is 5.56 Å². The van der Waals surface area contributed by atoms with Gasteiger partial charge in [0.15, 0.2) is 0 Å². The summed E-state index contributed by atoms with van der Waals surface area (Å²) in [6, 6.07) is 8.32. The molecule has 0 aliphatic carbocycles. The van der Waals surface area contributed by atoms with E-state index in [1.807, 2.05) is 19.1 Å². The highest BCUT2D eigenvalue weighted by molar-refractivity contribution is 5.90. The zero-order valence-corrected chi connectivity index (χ0v) is 13.1. The first-order valence-electron chi connectivity index (χ1n) is 7.78. The van der Waals surface area contributed by atoms with Gasteiger partial charge in [0.25, 0.3) is 0 Å². The van der Waals surface area contributed by atoms with Gasteiger partial charge in [-0.1, -0.05) is 0 Å². The van der Waals surface area contributed by atoms with Crippen LogP contribution >= 0.6 is 0 Å². The van der Waals surface area contributed by atoms with Crippen LogP contribution in [0, 0.1) is 6.92 Å². The minimum Gasteiger partial charge on any atom is -0.462 e. The lowest BCUT2D eigenvalue weighted by Crippen LogP contribution is -2.17. The van der Waals surface area contributed by atoms with Crippen LogP contribution in [-0.4, -0.2) is 35.4 Å². The summed E-state index contributed by atoms with van der Waals surface area (Å²) in [4.78, 5) is 14.2. The first kappa shape index (κ1) is 14.6. The SMILES string of the molecule is CCOC(=O)c1cnn(-c2ccc(N3CCCC3)cc2)c1C. The summed E-state index contributed by atoms with van der Waals surface area (Å²) >= 11 is 0. The molecule has 0 saturated carbocycles. The molecule has 1 aromatic carbocycles. The Bertz CT molecular complexity index is 655. The van der Waals surface area contributed by atoms with Gasteiger partial charge in [0.05, 0.1) is 24.2 Å². The molecule has 116 valence electrons. The van der Waals surface area contributed by atoms with Gasteiger partial charge < -0.3 is 9.64 Å². The van der Waals surface area contributed by atoms with Crippen LogP contribution in [0.3, 0.4) is 0 Å². The molecule has 0 N–H and O–H groups in total. The van der Waals surface area contributed by atoms with Crippen LogP contribution < -0.4 is 4.90 Å². The maximum atomic E-state index is 11.9. The molecule has 22 heavy (non-hydrogen) atoms. The van der Waals surface area contributed by atoms with Crippen molar-refractivity contribution >= 4 is 11.7 Å². The molecule has 1 aromatic heterocycles. The van der Waals surface area contributed by atoms with E-state index in [1.165, 1.54) is 18.5 Å². The van der Waals surface area contributed by atoms with Crippen molar-refractivity contribution < 1.29 is 9.53 Å². The van der Waals surface area contributed by atoms with Crippen molar-refractivity contribution in [2.45, 2.75) is 26.7 Å². The molecule has 1 aliphatic rings. The topological polar surface area (TPSA) is 47.4 Å². The summed E-state index contributed by atoms with van der Waals surface area (Å²) in [6.07, 6.45) is 4.10. The second-order valence-electron chi connectivity index (χ2n) is 5.49. The van der Waals surface area contributed by atoms with E-state index in [2.05, 4.69) is 22.1 Å². The van der Waals surface area contributed by atoms with Crippen LogP contribution in [0.15, 0.2) is 30.5 Å². The van der Waals surface area contributed by atoms with E-state index in [9.17, 15) is 4.79 Å². The van der Waals surface area contributed by atoms with Crippen molar-refractivity contribution in [2.75, 3.05) is 24.6 Å². The minimum absolute atomic E-state index is 0.320. The van der Waals surface area contributed by atoms with E-state index >= 15 is 0 Å². The lowest BCUT2D eigenvalue weighted by molar-refractivity contribution is 0.0525. The fraction of sp³-hybridized carbons (Fsp3) is 0.412. The fourth-order valence-electron chi connectivity index (χ4n) is 2.86. The van der Waals surface area contributed by atoms with Crippen molar-refractivity contribution in [2.24, 2.45) is 0 Å². The number of carbonyl (C=O) groups excluding carboxylic acids is 1. The lowest BCUT2D eigenvalue weighted by atomic mass is 10.2. The maximum Gasteiger partial charge on any atom is 0.341 e. The summed E-state index contributed by atoms with van der Waals surface area (Å²) in [5.74, 6) is -0.320. The van der Waals surface area contributed by atoms with E-state index < -0.39 is 0 Å². The van der Waals surface area contributed by atoms with Gasteiger partial charge >= 0.3 is 5.97 Å². The first-order chi connectivity index (χ1) is 10.7. The zero-order chi connectivity index (χ0) is 15.5. The van der Waals surface area contributed by atoms with Crippen LogP contribution in [0.5, 0.6) is 0 Å². The summed E-state index contributed by atoms with van der Waals surface area (Å²) < 4.78 is 6.82. The van der Waals surface area contributed by atoms with Gasteiger partial charge in [-0.05, 0) is 51.0 Å². The van der Waals surface area contributed by atoms with Crippen molar-refractivity contribution in [1.82, 2.24) is 9.78 Å².